The van der Waals surface area contributed by atoms with Crippen LogP contribution in [0.4, 0.5) is 0 Å². The predicted molar refractivity (Wildman–Crippen MR) is 130 cm³/mol. The predicted octanol–water partition coefficient (Wildman–Crippen LogP) is 5.11. The monoisotopic (exact) mass is 427 g/mol. The first-order valence-electron chi connectivity index (χ1n) is 11.2. The van der Waals surface area contributed by atoms with Crippen molar-refractivity contribution in [1.29, 1.82) is 0 Å². The highest BCUT2D eigenvalue weighted by Crippen LogP contribution is 2.34. The Morgan fingerprint density at radius 3 is 1.72 bits per heavy atom. The van der Waals surface area contributed by atoms with E-state index in [2.05, 4.69) is 18.7 Å². The van der Waals surface area contributed by atoms with E-state index in [-0.39, 0.29) is 6.61 Å². The van der Waals surface area contributed by atoms with Crippen LogP contribution in [0.3, 0.4) is 0 Å². The number of esters is 1. The topological polar surface area (TPSA) is 49.8 Å². The molecule has 0 fully saturated rings. The summed E-state index contributed by atoms with van der Waals surface area (Å²) in [6.07, 6.45) is 0. The Balaban J connectivity index is 1.76. The Morgan fingerprint density at radius 1 is 0.781 bits per heavy atom. The Morgan fingerprint density at radius 2 is 1.25 bits per heavy atom. The molecule has 0 unspecified atom stereocenters. The number of carbonyl (C=O) groups is 1. The molecule has 0 saturated heterocycles. The van der Waals surface area contributed by atoms with Gasteiger partial charge in [0.25, 0.3) is 0 Å². The van der Waals surface area contributed by atoms with Crippen molar-refractivity contribution in [3.63, 3.8) is 0 Å². The molecule has 0 radical (unpaired) electrons. The fourth-order valence-corrected chi connectivity index (χ4v) is 4.14. The third-order valence-electron chi connectivity index (χ3n) is 6.16. The van der Waals surface area contributed by atoms with Crippen LogP contribution >= 0.6 is 0 Å². The van der Waals surface area contributed by atoms with Crippen LogP contribution in [0.25, 0.3) is 21.5 Å². The van der Waals surface area contributed by atoms with Crippen LogP contribution in [-0.2, 0) is 15.1 Å². The summed E-state index contributed by atoms with van der Waals surface area (Å²) in [5, 5.41) is 15.9. The summed E-state index contributed by atoms with van der Waals surface area (Å²) in [5.41, 5.74) is -0.907. The van der Waals surface area contributed by atoms with E-state index in [0.717, 1.165) is 34.6 Å². The number of hydrogen-bond acceptors (Lipinski definition) is 4. The van der Waals surface area contributed by atoms with E-state index in [1.54, 1.807) is 0 Å². The molecule has 0 atom stereocenters. The molecular formula is C28H29NO3. The van der Waals surface area contributed by atoms with Gasteiger partial charge in [-0.2, -0.15) is 0 Å². The van der Waals surface area contributed by atoms with Crippen molar-refractivity contribution in [2.24, 2.45) is 0 Å². The van der Waals surface area contributed by atoms with Gasteiger partial charge in [-0.3, -0.25) is 0 Å². The SMILES string of the molecule is CCN(CC)CCOC(=O)C(O)(c1ccc2ccccc2c1)c1ccc2ccccc2c1. The zero-order chi connectivity index (χ0) is 22.6. The minimum atomic E-state index is -1.91. The Hall–Kier alpha value is -3.21. The van der Waals surface area contributed by atoms with Crippen molar-refractivity contribution in [1.82, 2.24) is 4.90 Å². The van der Waals surface area contributed by atoms with Gasteiger partial charge in [0, 0.05) is 17.7 Å². The lowest BCUT2D eigenvalue weighted by Crippen LogP contribution is -2.40. The third kappa shape index (κ3) is 4.24. The number of fused-ring (bicyclic) bond motifs is 2. The summed E-state index contributed by atoms with van der Waals surface area (Å²) in [6, 6.07) is 27.0. The maximum atomic E-state index is 13.4. The zero-order valence-corrected chi connectivity index (χ0v) is 18.6. The Labute approximate surface area is 189 Å². The molecule has 0 amide bonds. The maximum Gasteiger partial charge on any atom is 0.347 e. The van der Waals surface area contributed by atoms with E-state index in [1.807, 2.05) is 84.9 Å². The molecule has 0 saturated carbocycles. The largest absolute Gasteiger partial charge is 0.462 e. The molecular weight excluding hydrogens is 398 g/mol. The van der Waals surface area contributed by atoms with E-state index in [4.69, 9.17) is 4.74 Å². The smallest absolute Gasteiger partial charge is 0.347 e. The molecule has 4 aromatic carbocycles. The summed E-state index contributed by atoms with van der Waals surface area (Å²) >= 11 is 0. The lowest BCUT2D eigenvalue weighted by atomic mass is 9.84. The lowest BCUT2D eigenvalue weighted by Gasteiger charge is -2.28. The summed E-state index contributed by atoms with van der Waals surface area (Å²) in [5.74, 6) is -0.657. The van der Waals surface area contributed by atoms with Gasteiger partial charge in [-0.1, -0.05) is 86.6 Å². The van der Waals surface area contributed by atoms with Crippen LogP contribution < -0.4 is 0 Å². The molecule has 32 heavy (non-hydrogen) atoms. The van der Waals surface area contributed by atoms with E-state index in [1.165, 1.54) is 0 Å². The average Bonchev–Trinajstić information content (AvgIpc) is 2.85. The molecule has 4 heteroatoms. The number of carbonyl (C=O) groups excluding carboxylic acids is 1. The van der Waals surface area contributed by atoms with Crippen LogP contribution in [0.5, 0.6) is 0 Å². The summed E-state index contributed by atoms with van der Waals surface area (Å²) in [4.78, 5) is 15.6. The van der Waals surface area contributed by atoms with Crippen molar-refractivity contribution in [3.05, 3.63) is 96.1 Å². The second-order valence-corrected chi connectivity index (χ2v) is 8.00. The first-order chi connectivity index (χ1) is 15.6. The van der Waals surface area contributed by atoms with Crippen LogP contribution in [0.1, 0.15) is 25.0 Å². The molecule has 0 aliphatic rings. The van der Waals surface area contributed by atoms with Crippen molar-refractivity contribution in [2.45, 2.75) is 19.4 Å². The first kappa shape index (κ1) is 22.0. The number of ether oxygens (including phenoxy) is 1. The summed E-state index contributed by atoms with van der Waals surface area (Å²) in [7, 11) is 0. The Bertz CT molecular complexity index is 1150. The van der Waals surface area contributed by atoms with Crippen LogP contribution in [-0.4, -0.2) is 42.2 Å². The molecule has 0 heterocycles. The van der Waals surface area contributed by atoms with Gasteiger partial charge in [0.1, 0.15) is 6.61 Å². The zero-order valence-electron chi connectivity index (χ0n) is 18.6. The quantitative estimate of drug-likeness (QED) is 0.397. The average molecular weight is 428 g/mol. The molecule has 4 nitrogen and oxygen atoms in total. The van der Waals surface area contributed by atoms with E-state index in [9.17, 15) is 9.90 Å². The van der Waals surface area contributed by atoms with Gasteiger partial charge >= 0.3 is 5.97 Å². The summed E-state index contributed by atoms with van der Waals surface area (Å²) < 4.78 is 5.64. The molecule has 0 bridgehead atoms. The molecule has 0 spiro atoms. The fourth-order valence-electron chi connectivity index (χ4n) is 4.14. The highest BCUT2D eigenvalue weighted by molar-refractivity contribution is 5.91. The third-order valence-corrected chi connectivity index (χ3v) is 6.16. The van der Waals surface area contributed by atoms with Gasteiger partial charge in [0.2, 0.25) is 5.60 Å². The van der Waals surface area contributed by atoms with Crippen LogP contribution in [0, 0.1) is 0 Å². The molecule has 4 aromatic rings. The van der Waals surface area contributed by atoms with E-state index >= 15 is 0 Å². The van der Waals surface area contributed by atoms with Gasteiger partial charge in [0.05, 0.1) is 0 Å². The number of rotatable bonds is 8. The molecule has 0 aliphatic carbocycles. The number of nitrogens with zero attached hydrogens (tertiary/aromatic N) is 1. The van der Waals surface area contributed by atoms with E-state index < -0.39 is 11.6 Å². The maximum absolute atomic E-state index is 13.4. The van der Waals surface area contributed by atoms with Gasteiger partial charge in [-0.25, -0.2) is 4.79 Å². The van der Waals surface area contributed by atoms with Gasteiger partial charge < -0.3 is 14.7 Å². The van der Waals surface area contributed by atoms with Gasteiger partial charge in [0.15, 0.2) is 0 Å². The first-order valence-corrected chi connectivity index (χ1v) is 11.2. The lowest BCUT2D eigenvalue weighted by molar-refractivity contribution is -0.162. The minimum absolute atomic E-state index is 0.226. The van der Waals surface area contributed by atoms with Crippen molar-refractivity contribution >= 4 is 27.5 Å². The fraction of sp³-hybridized carbons (Fsp3) is 0.250. The number of benzene rings is 4. The van der Waals surface area contributed by atoms with Crippen LogP contribution in [0.15, 0.2) is 84.9 Å². The molecule has 0 aliphatic heterocycles. The second kappa shape index (κ2) is 9.51. The number of hydrogen-bond donors (Lipinski definition) is 1. The minimum Gasteiger partial charge on any atom is -0.462 e. The highest BCUT2D eigenvalue weighted by Gasteiger charge is 2.42. The van der Waals surface area contributed by atoms with Crippen molar-refractivity contribution < 1.29 is 14.6 Å². The Kier molecular flexibility index (Phi) is 6.54. The summed E-state index contributed by atoms with van der Waals surface area (Å²) in [6.45, 7) is 6.77. The molecule has 0 aromatic heterocycles. The van der Waals surface area contributed by atoms with Crippen molar-refractivity contribution in [2.75, 3.05) is 26.2 Å². The molecule has 164 valence electrons. The standard InChI is InChI=1S/C28H29NO3/c1-3-29(4-2)17-18-32-27(30)28(31,25-15-13-21-9-5-7-11-23(21)19-25)26-16-14-22-10-6-8-12-24(22)20-26/h5-16,19-20,31H,3-4,17-18H2,1-2H3. The van der Waals surface area contributed by atoms with Gasteiger partial charge in [-0.05, 0) is 46.8 Å². The van der Waals surface area contributed by atoms with E-state index in [0.29, 0.717) is 17.7 Å². The second-order valence-electron chi connectivity index (χ2n) is 8.00. The molecule has 1 N–H and O–H groups in total. The van der Waals surface area contributed by atoms with Crippen LogP contribution in [0.2, 0.25) is 0 Å². The highest BCUT2D eigenvalue weighted by atomic mass is 16.5. The number of likely N-dealkylation sites (N-methyl/N-ethyl adjacent to an activating group) is 1. The van der Waals surface area contributed by atoms with Crippen molar-refractivity contribution in [3.8, 4) is 0 Å². The number of aliphatic hydroxyl groups is 1. The van der Waals surface area contributed by atoms with Gasteiger partial charge in [-0.15, -0.1) is 0 Å². The normalized spacial score (nSPS) is 11.9. The molecule has 4 rings (SSSR count).